The summed E-state index contributed by atoms with van der Waals surface area (Å²) in [5.41, 5.74) is 7.23. The van der Waals surface area contributed by atoms with Crippen LogP contribution in [-0.2, 0) is 6.54 Å². The molecule has 0 unspecified atom stereocenters. The Kier molecular flexibility index (Phi) is 3.79. The van der Waals surface area contributed by atoms with Crippen molar-refractivity contribution in [1.29, 1.82) is 0 Å². The highest BCUT2D eigenvalue weighted by Crippen LogP contribution is 2.18. The van der Waals surface area contributed by atoms with Gasteiger partial charge in [-0.1, -0.05) is 29.8 Å². The summed E-state index contributed by atoms with van der Waals surface area (Å²) in [4.78, 5) is 15.1. The zero-order valence-electron chi connectivity index (χ0n) is 9.56. The standard InChI is InChI=1S/C13H12ClN3O/c14-11-4-2-1-3-9(11)7-17-12-5-6-16-8-10(12)13(15)18/h1-6,8H,7H2,(H2,15,18)(H,16,17). The zero-order valence-corrected chi connectivity index (χ0v) is 10.3. The quantitative estimate of drug-likeness (QED) is 0.888. The van der Waals surface area contributed by atoms with Gasteiger partial charge in [0.2, 0.25) is 0 Å². The topological polar surface area (TPSA) is 68.0 Å². The van der Waals surface area contributed by atoms with Crippen molar-refractivity contribution in [3.05, 3.63) is 58.9 Å². The number of hydrogen-bond donors (Lipinski definition) is 2. The lowest BCUT2D eigenvalue weighted by Crippen LogP contribution is -2.14. The van der Waals surface area contributed by atoms with Crippen molar-refractivity contribution in [3.8, 4) is 0 Å². The summed E-state index contributed by atoms with van der Waals surface area (Å²) in [7, 11) is 0. The number of anilines is 1. The first-order chi connectivity index (χ1) is 8.68. The number of nitrogens with two attached hydrogens (primary N) is 1. The first-order valence-corrected chi connectivity index (χ1v) is 5.77. The van der Waals surface area contributed by atoms with E-state index in [0.717, 1.165) is 5.56 Å². The van der Waals surface area contributed by atoms with Crippen LogP contribution in [-0.4, -0.2) is 10.9 Å². The van der Waals surface area contributed by atoms with Crippen molar-refractivity contribution in [2.75, 3.05) is 5.32 Å². The van der Waals surface area contributed by atoms with E-state index in [0.29, 0.717) is 22.8 Å². The highest BCUT2D eigenvalue weighted by molar-refractivity contribution is 6.31. The molecule has 0 fully saturated rings. The molecule has 0 saturated heterocycles. The van der Waals surface area contributed by atoms with Crippen molar-refractivity contribution < 1.29 is 4.79 Å². The highest BCUT2D eigenvalue weighted by atomic mass is 35.5. The number of primary amides is 1. The lowest BCUT2D eigenvalue weighted by molar-refractivity contribution is 0.100. The molecule has 92 valence electrons. The van der Waals surface area contributed by atoms with Crippen molar-refractivity contribution in [1.82, 2.24) is 4.98 Å². The van der Waals surface area contributed by atoms with E-state index < -0.39 is 5.91 Å². The van der Waals surface area contributed by atoms with Gasteiger partial charge in [0.25, 0.3) is 5.91 Å². The second-order valence-electron chi connectivity index (χ2n) is 3.73. The Morgan fingerprint density at radius 1 is 1.33 bits per heavy atom. The van der Waals surface area contributed by atoms with E-state index in [9.17, 15) is 4.79 Å². The molecule has 1 aromatic carbocycles. The minimum Gasteiger partial charge on any atom is -0.380 e. The summed E-state index contributed by atoms with van der Waals surface area (Å²) in [6, 6.07) is 9.22. The van der Waals surface area contributed by atoms with Crippen molar-refractivity contribution >= 4 is 23.2 Å². The number of halogens is 1. The number of nitrogens with one attached hydrogen (secondary N) is 1. The van der Waals surface area contributed by atoms with Gasteiger partial charge in [0.05, 0.1) is 11.3 Å². The van der Waals surface area contributed by atoms with Gasteiger partial charge in [-0.2, -0.15) is 0 Å². The van der Waals surface area contributed by atoms with Gasteiger partial charge >= 0.3 is 0 Å². The maximum atomic E-state index is 11.2. The van der Waals surface area contributed by atoms with Gasteiger partial charge in [-0.05, 0) is 17.7 Å². The minimum atomic E-state index is -0.509. The van der Waals surface area contributed by atoms with Crippen molar-refractivity contribution in [2.24, 2.45) is 5.73 Å². The first kappa shape index (κ1) is 12.4. The third-order valence-electron chi connectivity index (χ3n) is 2.51. The van der Waals surface area contributed by atoms with E-state index >= 15 is 0 Å². The third kappa shape index (κ3) is 2.78. The Morgan fingerprint density at radius 2 is 2.11 bits per heavy atom. The fourth-order valence-corrected chi connectivity index (χ4v) is 1.78. The van der Waals surface area contributed by atoms with Crippen LogP contribution in [0.4, 0.5) is 5.69 Å². The zero-order chi connectivity index (χ0) is 13.0. The molecular formula is C13H12ClN3O. The number of pyridine rings is 1. The van der Waals surface area contributed by atoms with E-state index in [4.69, 9.17) is 17.3 Å². The maximum absolute atomic E-state index is 11.2. The number of carbonyl (C=O) groups excluding carboxylic acids is 1. The second-order valence-corrected chi connectivity index (χ2v) is 4.14. The summed E-state index contributed by atoms with van der Waals surface area (Å²) >= 11 is 6.05. The molecule has 0 atom stereocenters. The number of aromatic nitrogens is 1. The minimum absolute atomic E-state index is 0.365. The summed E-state index contributed by atoms with van der Waals surface area (Å²) < 4.78 is 0. The predicted octanol–water partition coefficient (Wildman–Crippen LogP) is 2.45. The molecular weight excluding hydrogens is 250 g/mol. The van der Waals surface area contributed by atoms with Crippen LogP contribution in [0.3, 0.4) is 0 Å². The lowest BCUT2D eigenvalue weighted by Gasteiger charge is -2.10. The Labute approximate surface area is 110 Å². The molecule has 4 nitrogen and oxygen atoms in total. The number of carbonyl (C=O) groups is 1. The normalized spacial score (nSPS) is 10.1. The van der Waals surface area contributed by atoms with Gasteiger partial charge < -0.3 is 11.1 Å². The molecule has 0 aliphatic heterocycles. The molecule has 0 saturated carbocycles. The van der Waals surface area contributed by atoms with Gasteiger partial charge in [0, 0.05) is 24.0 Å². The van der Waals surface area contributed by atoms with Crippen LogP contribution in [0, 0.1) is 0 Å². The molecule has 0 radical (unpaired) electrons. The number of nitrogens with zero attached hydrogens (tertiary/aromatic N) is 1. The van der Waals surface area contributed by atoms with Crippen molar-refractivity contribution in [2.45, 2.75) is 6.54 Å². The smallest absolute Gasteiger partial charge is 0.252 e. The van der Waals surface area contributed by atoms with Crippen LogP contribution in [0.5, 0.6) is 0 Å². The van der Waals surface area contributed by atoms with E-state index in [1.54, 1.807) is 12.3 Å². The molecule has 18 heavy (non-hydrogen) atoms. The summed E-state index contributed by atoms with van der Waals surface area (Å²) in [6.07, 6.45) is 3.04. The average molecular weight is 262 g/mol. The third-order valence-corrected chi connectivity index (χ3v) is 2.88. The molecule has 0 aliphatic carbocycles. The van der Waals surface area contributed by atoms with E-state index in [1.807, 2.05) is 24.3 Å². The molecule has 1 aromatic heterocycles. The number of amides is 1. The van der Waals surface area contributed by atoms with Crippen LogP contribution in [0.15, 0.2) is 42.7 Å². The van der Waals surface area contributed by atoms with Gasteiger partial charge in [0.1, 0.15) is 0 Å². The molecule has 0 spiro atoms. The first-order valence-electron chi connectivity index (χ1n) is 5.39. The molecule has 0 aliphatic rings. The van der Waals surface area contributed by atoms with Crippen LogP contribution in [0.1, 0.15) is 15.9 Å². The molecule has 2 rings (SSSR count). The number of hydrogen-bond acceptors (Lipinski definition) is 3. The Morgan fingerprint density at radius 3 is 2.83 bits per heavy atom. The van der Waals surface area contributed by atoms with Crippen LogP contribution < -0.4 is 11.1 Å². The Hall–Kier alpha value is -2.07. The summed E-state index contributed by atoms with van der Waals surface area (Å²) in [5.74, 6) is -0.509. The lowest BCUT2D eigenvalue weighted by atomic mass is 10.2. The fourth-order valence-electron chi connectivity index (χ4n) is 1.58. The maximum Gasteiger partial charge on any atom is 0.252 e. The molecule has 1 amide bonds. The highest BCUT2D eigenvalue weighted by Gasteiger charge is 2.07. The van der Waals surface area contributed by atoms with Gasteiger partial charge in [0.15, 0.2) is 0 Å². The Balaban J connectivity index is 2.16. The number of rotatable bonds is 4. The largest absolute Gasteiger partial charge is 0.380 e. The van der Waals surface area contributed by atoms with Crippen molar-refractivity contribution in [3.63, 3.8) is 0 Å². The van der Waals surface area contributed by atoms with Gasteiger partial charge in [-0.25, -0.2) is 0 Å². The van der Waals surface area contributed by atoms with E-state index in [1.165, 1.54) is 6.20 Å². The van der Waals surface area contributed by atoms with Gasteiger partial charge in [-0.15, -0.1) is 0 Å². The molecule has 0 bridgehead atoms. The van der Waals surface area contributed by atoms with E-state index in [2.05, 4.69) is 10.3 Å². The summed E-state index contributed by atoms with van der Waals surface area (Å²) in [6.45, 7) is 0.518. The predicted molar refractivity (Wildman–Crippen MR) is 71.5 cm³/mol. The second kappa shape index (κ2) is 5.51. The monoisotopic (exact) mass is 261 g/mol. The fraction of sp³-hybridized carbons (Fsp3) is 0.0769. The van der Waals surface area contributed by atoms with Gasteiger partial charge in [-0.3, -0.25) is 9.78 Å². The SMILES string of the molecule is NC(=O)c1cnccc1NCc1ccccc1Cl. The molecule has 5 heteroatoms. The van der Waals surface area contributed by atoms with Crippen LogP contribution in [0.2, 0.25) is 5.02 Å². The average Bonchev–Trinajstić information content (AvgIpc) is 2.38. The Bertz CT molecular complexity index is 572. The molecule has 2 aromatic rings. The van der Waals surface area contributed by atoms with Crippen LogP contribution >= 0.6 is 11.6 Å². The van der Waals surface area contributed by atoms with E-state index in [-0.39, 0.29) is 0 Å². The van der Waals surface area contributed by atoms with Crippen LogP contribution in [0.25, 0.3) is 0 Å². The molecule has 1 heterocycles. The summed E-state index contributed by atoms with van der Waals surface area (Å²) in [5, 5.41) is 3.81. The number of benzene rings is 1. The molecule has 3 N–H and O–H groups in total.